The number of carbonyl (C=O) groups excluding carboxylic acids is 2. The van der Waals surface area contributed by atoms with Crippen molar-refractivity contribution in [2.75, 3.05) is 19.6 Å². The van der Waals surface area contributed by atoms with E-state index in [-0.39, 0.29) is 17.7 Å². The van der Waals surface area contributed by atoms with Crippen molar-refractivity contribution in [3.05, 3.63) is 22.4 Å². The molecule has 1 heterocycles. The molecule has 1 rings (SSSR count). The van der Waals surface area contributed by atoms with Crippen LogP contribution >= 0.6 is 11.3 Å². The number of amides is 2. The lowest BCUT2D eigenvalue weighted by Crippen LogP contribution is -2.50. The predicted molar refractivity (Wildman–Crippen MR) is 86.6 cm³/mol. The fraction of sp³-hybridized carbons (Fsp3) is 0.600. The summed E-state index contributed by atoms with van der Waals surface area (Å²) in [6, 6.07) is 3.07. The van der Waals surface area contributed by atoms with Gasteiger partial charge in [-0.3, -0.25) is 9.59 Å². The predicted octanol–water partition coefficient (Wildman–Crippen LogP) is 1.62. The molecule has 21 heavy (non-hydrogen) atoms. The summed E-state index contributed by atoms with van der Waals surface area (Å²) in [5, 5.41) is 10.7. The van der Waals surface area contributed by atoms with E-state index < -0.39 is 6.04 Å². The molecular weight excluding hydrogens is 286 g/mol. The molecule has 2 amide bonds. The molecule has 1 unspecified atom stereocenters. The standard InChI is InChI=1S/C15H25N3O2S/c1-4-7-16-8-9-17-15(20)13(11(2)3)18-14(19)12-6-5-10-21-12/h5-6,10-11,13,16H,4,7-9H2,1-3H3,(H,17,20)(H,18,19). The van der Waals surface area contributed by atoms with Crippen molar-refractivity contribution >= 4 is 23.2 Å². The van der Waals surface area contributed by atoms with Crippen LogP contribution in [0.5, 0.6) is 0 Å². The smallest absolute Gasteiger partial charge is 0.262 e. The van der Waals surface area contributed by atoms with E-state index in [0.29, 0.717) is 11.4 Å². The van der Waals surface area contributed by atoms with Crippen LogP contribution in [0, 0.1) is 5.92 Å². The summed E-state index contributed by atoms with van der Waals surface area (Å²) in [6.45, 7) is 8.20. The average molecular weight is 311 g/mol. The molecule has 118 valence electrons. The zero-order chi connectivity index (χ0) is 15.7. The molecule has 0 saturated carbocycles. The van der Waals surface area contributed by atoms with Gasteiger partial charge in [0.05, 0.1) is 4.88 Å². The Morgan fingerprint density at radius 2 is 2.00 bits per heavy atom. The van der Waals surface area contributed by atoms with Crippen LogP contribution in [0.15, 0.2) is 17.5 Å². The highest BCUT2D eigenvalue weighted by Crippen LogP contribution is 2.10. The number of nitrogens with one attached hydrogen (secondary N) is 3. The number of thiophene rings is 1. The molecule has 0 aliphatic heterocycles. The van der Waals surface area contributed by atoms with Crippen molar-refractivity contribution in [1.29, 1.82) is 0 Å². The van der Waals surface area contributed by atoms with E-state index in [9.17, 15) is 9.59 Å². The summed E-state index contributed by atoms with van der Waals surface area (Å²) in [5.74, 6) is -0.284. The first-order valence-electron chi connectivity index (χ1n) is 7.39. The number of rotatable bonds is 9. The molecule has 0 saturated heterocycles. The number of hydrogen-bond acceptors (Lipinski definition) is 4. The Hall–Kier alpha value is -1.40. The van der Waals surface area contributed by atoms with Gasteiger partial charge in [-0.15, -0.1) is 11.3 Å². The molecule has 0 aliphatic rings. The van der Waals surface area contributed by atoms with Crippen molar-refractivity contribution in [3.63, 3.8) is 0 Å². The first-order chi connectivity index (χ1) is 10.1. The topological polar surface area (TPSA) is 70.2 Å². The molecule has 0 aromatic carbocycles. The fourth-order valence-corrected chi connectivity index (χ4v) is 2.47. The molecule has 1 aromatic rings. The van der Waals surface area contributed by atoms with E-state index in [2.05, 4.69) is 22.9 Å². The highest BCUT2D eigenvalue weighted by molar-refractivity contribution is 7.12. The minimum absolute atomic E-state index is 0.0394. The zero-order valence-corrected chi connectivity index (χ0v) is 13.8. The van der Waals surface area contributed by atoms with Crippen LogP contribution in [0.25, 0.3) is 0 Å². The van der Waals surface area contributed by atoms with Gasteiger partial charge in [-0.1, -0.05) is 26.8 Å². The molecule has 0 bridgehead atoms. The van der Waals surface area contributed by atoms with Crippen molar-refractivity contribution in [1.82, 2.24) is 16.0 Å². The van der Waals surface area contributed by atoms with Gasteiger partial charge in [-0.25, -0.2) is 0 Å². The largest absolute Gasteiger partial charge is 0.353 e. The molecule has 1 aromatic heterocycles. The van der Waals surface area contributed by atoms with Crippen molar-refractivity contribution in [2.24, 2.45) is 5.92 Å². The Morgan fingerprint density at radius 3 is 2.57 bits per heavy atom. The van der Waals surface area contributed by atoms with Crippen molar-refractivity contribution < 1.29 is 9.59 Å². The third-order valence-electron chi connectivity index (χ3n) is 3.01. The van der Waals surface area contributed by atoms with Gasteiger partial charge in [0.25, 0.3) is 5.91 Å². The van der Waals surface area contributed by atoms with Crippen LogP contribution in [0.1, 0.15) is 36.9 Å². The Bertz CT molecular complexity index is 432. The normalized spacial score (nSPS) is 12.2. The fourth-order valence-electron chi connectivity index (χ4n) is 1.84. The Balaban J connectivity index is 2.45. The Morgan fingerprint density at radius 1 is 1.24 bits per heavy atom. The second-order valence-electron chi connectivity index (χ2n) is 5.21. The van der Waals surface area contributed by atoms with E-state index in [1.54, 1.807) is 6.07 Å². The molecule has 0 aliphatic carbocycles. The summed E-state index contributed by atoms with van der Waals surface area (Å²) in [5.41, 5.74) is 0. The third-order valence-corrected chi connectivity index (χ3v) is 3.88. The highest BCUT2D eigenvalue weighted by Gasteiger charge is 2.24. The van der Waals surface area contributed by atoms with E-state index in [1.807, 2.05) is 25.3 Å². The SMILES string of the molecule is CCCNCCNC(=O)C(NC(=O)c1cccs1)C(C)C. The average Bonchev–Trinajstić information content (AvgIpc) is 2.98. The molecule has 1 atom stereocenters. The highest BCUT2D eigenvalue weighted by atomic mass is 32.1. The monoisotopic (exact) mass is 311 g/mol. The summed E-state index contributed by atoms with van der Waals surface area (Å²) in [7, 11) is 0. The van der Waals surface area contributed by atoms with Crippen LogP contribution < -0.4 is 16.0 Å². The Kier molecular flexibility index (Phi) is 8.00. The van der Waals surface area contributed by atoms with E-state index in [0.717, 1.165) is 19.5 Å². The Labute approximate surface area is 130 Å². The lowest BCUT2D eigenvalue weighted by Gasteiger charge is -2.21. The van der Waals surface area contributed by atoms with Crippen LogP contribution in [-0.4, -0.2) is 37.5 Å². The van der Waals surface area contributed by atoms with Crippen LogP contribution in [0.2, 0.25) is 0 Å². The molecule has 0 spiro atoms. The summed E-state index contributed by atoms with van der Waals surface area (Å²) < 4.78 is 0. The summed E-state index contributed by atoms with van der Waals surface area (Å²) >= 11 is 1.37. The van der Waals surface area contributed by atoms with Crippen LogP contribution in [-0.2, 0) is 4.79 Å². The van der Waals surface area contributed by atoms with Gasteiger partial charge in [0, 0.05) is 13.1 Å². The second-order valence-corrected chi connectivity index (χ2v) is 6.16. The van der Waals surface area contributed by atoms with Crippen LogP contribution in [0.3, 0.4) is 0 Å². The second kappa shape index (κ2) is 9.52. The first kappa shape index (κ1) is 17.7. The maximum atomic E-state index is 12.2. The first-order valence-corrected chi connectivity index (χ1v) is 8.27. The molecule has 6 heteroatoms. The zero-order valence-electron chi connectivity index (χ0n) is 12.9. The minimum atomic E-state index is -0.509. The molecule has 0 fully saturated rings. The maximum Gasteiger partial charge on any atom is 0.262 e. The van der Waals surface area contributed by atoms with E-state index in [4.69, 9.17) is 0 Å². The van der Waals surface area contributed by atoms with Gasteiger partial charge in [0.15, 0.2) is 0 Å². The third kappa shape index (κ3) is 6.27. The van der Waals surface area contributed by atoms with Crippen molar-refractivity contribution in [3.8, 4) is 0 Å². The molecule has 5 nitrogen and oxygen atoms in total. The van der Waals surface area contributed by atoms with Gasteiger partial charge < -0.3 is 16.0 Å². The lowest BCUT2D eigenvalue weighted by molar-refractivity contribution is -0.123. The van der Waals surface area contributed by atoms with Gasteiger partial charge in [0.2, 0.25) is 5.91 Å². The van der Waals surface area contributed by atoms with E-state index in [1.165, 1.54) is 11.3 Å². The van der Waals surface area contributed by atoms with Gasteiger partial charge in [-0.05, 0) is 30.3 Å². The van der Waals surface area contributed by atoms with Gasteiger partial charge >= 0.3 is 0 Å². The van der Waals surface area contributed by atoms with Crippen LogP contribution in [0.4, 0.5) is 0 Å². The molecule has 0 radical (unpaired) electrons. The van der Waals surface area contributed by atoms with Gasteiger partial charge in [0.1, 0.15) is 6.04 Å². The minimum Gasteiger partial charge on any atom is -0.353 e. The van der Waals surface area contributed by atoms with Gasteiger partial charge in [-0.2, -0.15) is 0 Å². The molecule has 3 N–H and O–H groups in total. The van der Waals surface area contributed by atoms with E-state index >= 15 is 0 Å². The lowest BCUT2D eigenvalue weighted by atomic mass is 10.0. The number of hydrogen-bond donors (Lipinski definition) is 3. The van der Waals surface area contributed by atoms with Crippen molar-refractivity contribution in [2.45, 2.75) is 33.2 Å². The maximum absolute atomic E-state index is 12.2. The summed E-state index contributed by atoms with van der Waals surface area (Å²) in [6.07, 6.45) is 1.07. The molecular formula is C15H25N3O2S. The quantitative estimate of drug-likeness (QED) is 0.607. The number of carbonyl (C=O) groups is 2. The summed E-state index contributed by atoms with van der Waals surface area (Å²) in [4.78, 5) is 24.8.